The Morgan fingerprint density at radius 1 is 1.29 bits per heavy atom. The third kappa shape index (κ3) is 5.45. The normalized spacial score (nSPS) is 10.6. The maximum Gasteiger partial charge on any atom is 0.407 e. The smallest absolute Gasteiger partial charge is 0.407 e. The average Bonchev–Trinajstić information content (AvgIpc) is 2.60. The average molecular weight is 439 g/mol. The number of carbonyl (C=O) groups excluding carboxylic acids is 1. The van der Waals surface area contributed by atoms with E-state index in [9.17, 15) is 9.90 Å². The van der Waals surface area contributed by atoms with Gasteiger partial charge in [0.05, 0.1) is 10.7 Å². The van der Waals surface area contributed by atoms with E-state index in [0.717, 1.165) is 11.1 Å². The van der Waals surface area contributed by atoms with Crippen molar-refractivity contribution < 1.29 is 19.4 Å². The van der Waals surface area contributed by atoms with Crippen molar-refractivity contribution in [2.45, 2.75) is 6.61 Å². The van der Waals surface area contributed by atoms with Crippen LogP contribution in [-0.4, -0.2) is 24.9 Å². The number of phenols is 1. The van der Waals surface area contributed by atoms with E-state index in [1.54, 1.807) is 12.1 Å². The Kier molecular flexibility index (Phi) is 6.92. The van der Waals surface area contributed by atoms with Crippen LogP contribution in [0, 0.1) is 3.57 Å². The van der Waals surface area contributed by atoms with E-state index in [4.69, 9.17) is 9.47 Å². The number of rotatable bonds is 6. The molecule has 0 atom stereocenters. The topological polar surface area (TPSA) is 67.8 Å². The van der Waals surface area contributed by atoms with Crippen LogP contribution in [0.4, 0.5) is 4.79 Å². The zero-order valence-corrected chi connectivity index (χ0v) is 15.3. The lowest BCUT2D eigenvalue weighted by atomic mass is 10.2. The highest BCUT2D eigenvalue weighted by Crippen LogP contribution is 2.32. The lowest BCUT2D eigenvalue weighted by Crippen LogP contribution is -2.24. The molecule has 0 radical (unpaired) electrons. The van der Waals surface area contributed by atoms with Crippen LogP contribution in [0.2, 0.25) is 0 Å². The molecule has 24 heavy (non-hydrogen) atoms. The van der Waals surface area contributed by atoms with Crippen LogP contribution in [0.5, 0.6) is 11.5 Å². The number of phenolic OH excluding ortho intramolecular Hbond substituents is 1. The number of hydrogen-bond acceptors (Lipinski definition) is 4. The molecule has 2 aromatic carbocycles. The molecule has 5 nitrogen and oxygen atoms in total. The van der Waals surface area contributed by atoms with Gasteiger partial charge in [-0.2, -0.15) is 0 Å². The summed E-state index contributed by atoms with van der Waals surface area (Å²) in [6, 6.07) is 13.0. The zero-order chi connectivity index (χ0) is 17.4. The molecular formula is C18H18INO4. The van der Waals surface area contributed by atoms with E-state index in [1.807, 2.05) is 65.1 Å². The largest absolute Gasteiger partial charge is 0.504 e. The van der Waals surface area contributed by atoms with Gasteiger partial charge < -0.3 is 19.9 Å². The molecular weight excluding hydrogens is 421 g/mol. The standard InChI is InChI=1S/C18H18INO4/c1-23-16-11-14(10-15(19)17(16)21)8-5-9-20-18(22)24-12-13-6-3-2-4-7-13/h2-8,10-11,21H,9,12H2,1H3,(H,20,22). The van der Waals surface area contributed by atoms with Crippen molar-refractivity contribution >= 4 is 34.8 Å². The molecule has 0 aliphatic carbocycles. The van der Waals surface area contributed by atoms with Crippen molar-refractivity contribution in [2.75, 3.05) is 13.7 Å². The van der Waals surface area contributed by atoms with Crippen molar-refractivity contribution in [3.05, 3.63) is 63.2 Å². The molecule has 0 unspecified atom stereocenters. The Balaban J connectivity index is 1.80. The van der Waals surface area contributed by atoms with Crippen LogP contribution in [0.15, 0.2) is 48.5 Å². The summed E-state index contributed by atoms with van der Waals surface area (Å²) in [6.45, 7) is 0.580. The molecule has 0 spiro atoms. The first-order valence-electron chi connectivity index (χ1n) is 7.27. The molecule has 0 bridgehead atoms. The van der Waals surface area contributed by atoms with Gasteiger partial charge in [0.2, 0.25) is 0 Å². The van der Waals surface area contributed by atoms with Crippen molar-refractivity contribution in [3.63, 3.8) is 0 Å². The van der Waals surface area contributed by atoms with E-state index in [0.29, 0.717) is 15.9 Å². The van der Waals surface area contributed by atoms with Crippen LogP contribution in [-0.2, 0) is 11.3 Å². The maximum absolute atomic E-state index is 11.6. The number of methoxy groups -OCH3 is 1. The molecule has 126 valence electrons. The summed E-state index contributed by atoms with van der Waals surface area (Å²) in [4.78, 5) is 11.6. The number of ether oxygens (including phenoxy) is 2. The molecule has 0 saturated carbocycles. The van der Waals surface area contributed by atoms with Crippen molar-refractivity contribution in [3.8, 4) is 11.5 Å². The number of hydrogen-bond donors (Lipinski definition) is 2. The molecule has 0 aliphatic heterocycles. The van der Waals surface area contributed by atoms with E-state index >= 15 is 0 Å². The van der Waals surface area contributed by atoms with Crippen LogP contribution in [0.3, 0.4) is 0 Å². The fourth-order valence-electron chi connectivity index (χ4n) is 1.96. The van der Waals surface area contributed by atoms with Gasteiger partial charge in [0.15, 0.2) is 11.5 Å². The first-order chi connectivity index (χ1) is 11.6. The van der Waals surface area contributed by atoms with Gasteiger partial charge in [0.25, 0.3) is 0 Å². The fraction of sp³-hybridized carbons (Fsp3) is 0.167. The van der Waals surface area contributed by atoms with Gasteiger partial charge in [-0.05, 0) is 45.9 Å². The van der Waals surface area contributed by atoms with Crippen molar-refractivity contribution in [1.29, 1.82) is 0 Å². The second-order valence-electron chi connectivity index (χ2n) is 4.90. The number of nitrogens with one attached hydrogen (secondary N) is 1. The predicted octanol–water partition coefficient (Wildman–Crippen LogP) is 3.95. The van der Waals surface area contributed by atoms with Gasteiger partial charge in [0, 0.05) is 6.54 Å². The van der Waals surface area contributed by atoms with Crippen LogP contribution in [0.1, 0.15) is 11.1 Å². The number of benzene rings is 2. The van der Waals surface area contributed by atoms with Gasteiger partial charge in [-0.15, -0.1) is 0 Å². The highest BCUT2D eigenvalue weighted by atomic mass is 127. The molecule has 0 heterocycles. The Labute approximate surface area is 154 Å². The lowest BCUT2D eigenvalue weighted by Gasteiger charge is -2.07. The van der Waals surface area contributed by atoms with Gasteiger partial charge in [-0.25, -0.2) is 4.79 Å². The third-order valence-corrected chi connectivity index (χ3v) is 3.98. The number of alkyl carbamates (subject to hydrolysis) is 1. The van der Waals surface area contributed by atoms with E-state index in [1.165, 1.54) is 7.11 Å². The molecule has 1 amide bonds. The quantitative estimate of drug-likeness (QED) is 0.670. The number of aromatic hydroxyl groups is 1. The Hall–Kier alpha value is -2.22. The Morgan fingerprint density at radius 2 is 2.04 bits per heavy atom. The Morgan fingerprint density at radius 3 is 2.75 bits per heavy atom. The molecule has 0 aromatic heterocycles. The molecule has 0 saturated heterocycles. The summed E-state index contributed by atoms with van der Waals surface area (Å²) >= 11 is 2.03. The van der Waals surface area contributed by atoms with E-state index in [2.05, 4.69) is 5.32 Å². The summed E-state index contributed by atoms with van der Waals surface area (Å²) in [6.07, 6.45) is 3.16. The highest BCUT2D eigenvalue weighted by Gasteiger charge is 2.07. The van der Waals surface area contributed by atoms with Crippen LogP contribution in [0.25, 0.3) is 6.08 Å². The summed E-state index contributed by atoms with van der Waals surface area (Å²) < 4.78 is 10.9. The Bertz CT molecular complexity index is 716. The number of amides is 1. The minimum atomic E-state index is -0.471. The minimum absolute atomic E-state index is 0.123. The molecule has 0 fully saturated rings. The summed E-state index contributed by atoms with van der Waals surface area (Å²) in [7, 11) is 1.50. The maximum atomic E-state index is 11.6. The fourth-order valence-corrected chi connectivity index (χ4v) is 2.58. The predicted molar refractivity (Wildman–Crippen MR) is 101 cm³/mol. The molecule has 2 aromatic rings. The van der Waals surface area contributed by atoms with Gasteiger partial charge in [0.1, 0.15) is 6.61 Å². The summed E-state index contributed by atoms with van der Waals surface area (Å²) in [5, 5.41) is 12.4. The SMILES string of the molecule is COc1cc(C=CCNC(=O)OCc2ccccc2)cc(I)c1O. The first-order valence-corrected chi connectivity index (χ1v) is 8.35. The first kappa shape index (κ1) is 18.1. The van der Waals surface area contributed by atoms with Gasteiger partial charge in [-0.1, -0.05) is 42.5 Å². The van der Waals surface area contributed by atoms with E-state index < -0.39 is 6.09 Å². The van der Waals surface area contributed by atoms with Gasteiger partial charge in [-0.3, -0.25) is 0 Å². The van der Waals surface area contributed by atoms with Crippen LogP contribution >= 0.6 is 22.6 Å². The number of halogens is 1. The van der Waals surface area contributed by atoms with E-state index in [-0.39, 0.29) is 12.4 Å². The second kappa shape index (κ2) is 9.17. The second-order valence-corrected chi connectivity index (χ2v) is 6.06. The van der Waals surface area contributed by atoms with Gasteiger partial charge >= 0.3 is 6.09 Å². The molecule has 0 aliphatic rings. The summed E-state index contributed by atoms with van der Waals surface area (Å²) in [5.41, 5.74) is 1.81. The lowest BCUT2D eigenvalue weighted by molar-refractivity contribution is 0.141. The zero-order valence-electron chi connectivity index (χ0n) is 13.2. The van der Waals surface area contributed by atoms with Crippen molar-refractivity contribution in [1.82, 2.24) is 5.32 Å². The minimum Gasteiger partial charge on any atom is -0.504 e. The monoisotopic (exact) mass is 439 g/mol. The third-order valence-electron chi connectivity index (χ3n) is 3.16. The number of carbonyl (C=O) groups is 1. The summed E-state index contributed by atoms with van der Waals surface area (Å²) in [5.74, 6) is 0.537. The highest BCUT2D eigenvalue weighted by molar-refractivity contribution is 14.1. The molecule has 2 rings (SSSR count). The van der Waals surface area contributed by atoms with Crippen LogP contribution < -0.4 is 10.1 Å². The molecule has 2 N–H and O–H groups in total. The molecule has 6 heteroatoms. The van der Waals surface area contributed by atoms with Crippen molar-refractivity contribution in [2.24, 2.45) is 0 Å².